The molecule has 124 valence electrons. The zero-order chi connectivity index (χ0) is 16.4. The van der Waals surface area contributed by atoms with Crippen LogP contribution in [0.2, 0.25) is 5.02 Å². The normalized spacial score (nSPS) is 18.1. The topological polar surface area (TPSA) is 83.1 Å². The molecule has 1 aliphatic heterocycles. The van der Waals surface area contributed by atoms with E-state index in [0.29, 0.717) is 5.69 Å². The van der Waals surface area contributed by atoms with E-state index in [-0.39, 0.29) is 16.2 Å². The smallest absolute Gasteiger partial charge is 0.266 e. The maximum absolute atomic E-state index is 14.3. The van der Waals surface area contributed by atoms with Gasteiger partial charge in [0.2, 0.25) is 0 Å². The maximum Gasteiger partial charge on any atom is 0.266 e. The molecule has 0 spiro atoms. The number of halogens is 2. The lowest BCUT2D eigenvalue weighted by Crippen LogP contribution is -2.22. The molecule has 1 aromatic heterocycles. The summed E-state index contributed by atoms with van der Waals surface area (Å²) in [6, 6.07) is 2.36. The molecule has 6 nitrogen and oxygen atoms in total. The lowest BCUT2D eigenvalue weighted by Gasteiger charge is -2.16. The van der Waals surface area contributed by atoms with Gasteiger partial charge >= 0.3 is 0 Å². The third kappa shape index (κ3) is 3.74. The van der Waals surface area contributed by atoms with E-state index >= 15 is 0 Å². The van der Waals surface area contributed by atoms with E-state index in [0.717, 1.165) is 43.0 Å². The molecule has 1 saturated heterocycles. The van der Waals surface area contributed by atoms with Gasteiger partial charge in [-0.1, -0.05) is 11.6 Å². The largest absolute Gasteiger partial charge is 0.380 e. The molecule has 0 bridgehead atoms. The van der Waals surface area contributed by atoms with Gasteiger partial charge in [0.1, 0.15) is 10.7 Å². The Hall–Kier alpha value is -1.42. The van der Waals surface area contributed by atoms with E-state index in [1.165, 1.54) is 6.20 Å². The van der Waals surface area contributed by atoms with E-state index in [9.17, 15) is 12.8 Å². The van der Waals surface area contributed by atoms with Crippen LogP contribution in [0.5, 0.6) is 0 Å². The Morgan fingerprint density at radius 1 is 1.43 bits per heavy atom. The first-order valence-electron chi connectivity index (χ1n) is 6.84. The Bertz CT molecular complexity index is 793. The summed E-state index contributed by atoms with van der Waals surface area (Å²) >= 11 is 7.22. The van der Waals surface area contributed by atoms with Gasteiger partial charge in [0.15, 0.2) is 5.13 Å². The summed E-state index contributed by atoms with van der Waals surface area (Å²) in [6.07, 6.45) is 2.35. The predicted octanol–water partition coefficient (Wildman–Crippen LogP) is 2.51. The van der Waals surface area contributed by atoms with Crippen molar-refractivity contribution in [3.63, 3.8) is 0 Å². The number of benzene rings is 1. The molecule has 0 saturated carbocycles. The number of anilines is 2. The highest BCUT2D eigenvalue weighted by Crippen LogP contribution is 2.30. The molecule has 0 amide bonds. The third-order valence-corrected chi connectivity index (χ3v) is 5.87. The number of nitrogens with one attached hydrogen (secondary N) is 3. The zero-order valence-electron chi connectivity index (χ0n) is 11.8. The van der Waals surface area contributed by atoms with E-state index in [2.05, 4.69) is 20.3 Å². The van der Waals surface area contributed by atoms with Crippen molar-refractivity contribution in [1.29, 1.82) is 0 Å². The van der Waals surface area contributed by atoms with E-state index in [1.807, 2.05) is 0 Å². The van der Waals surface area contributed by atoms with Crippen molar-refractivity contribution in [2.75, 3.05) is 23.1 Å². The second-order valence-electron chi connectivity index (χ2n) is 5.04. The van der Waals surface area contributed by atoms with Crippen molar-refractivity contribution in [3.8, 4) is 0 Å². The van der Waals surface area contributed by atoms with Crippen LogP contribution in [0.15, 0.2) is 28.6 Å². The monoisotopic (exact) mass is 376 g/mol. The fourth-order valence-corrected chi connectivity index (χ4v) is 4.44. The molecular weight excluding hydrogens is 363 g/mol. The van der Waals surface area contributed by atoms with Crippen molar-refractivity contribution in [1.82, 2.24) is 10.3 Å². The van der Waals surface area contributed by atoms with Gasteiger partial charge in [-0.3, -0.25) is 4.72 Å². The third-order valence-electron chi connectivity index (χ3n) is 3.39. The Kier molecular flexibility index (Phi) is 4.72. The second-order valence-corrected chi connectivity index (χ2v) is 7.99. The maximum atomic E-state index is 14.3. The Balaban J connectivity index is 1.86. The predicted molar refractivity (Wildman–Crippen MR) is 89.2 cm³/mol. The first-order valence-corrected chi connectivity index (χ1v) is 9.58. The summed E-state index contributed by atoms with van der Waals surface area (Å²) in [5.41, 5.74) is 0.381. The van der Waals surface area contributed by atoms with Gasteiger partial charge in [0.25, 0.3) is 10.0 Å². The molecule has 3 N–H and O–H groups in total. The molecule has 0 aliphatic carbocycles. The molecule has 2 heterocycles. The molecule has 3 rings (SSSR count). The van der Waals surface area contributed by atoms with Crippen molar-refractivity contribution >= 4 is 43.8 Å². The van der Waals surface area contributed by atoms with Crippen LogP contribution in [0.4, 0.5) is 15.2 Å². The summed E-state index contributed by atoms with van der Waals surface area (Å²) in [4.78, 5) is 3.31. The van der Waals surface area contributed by atoms with Crippen molar-refractivity contribution in [2.45, 2.75) is 17.4 Å². The molecule has 1 fully saturated rings. The van der Waals surface area contributed by atoms with Gasteiger partial charge in [-0.25, -0.2) is 17.8 Å². The standard InChI is InChI=1S/C13H14ClFN4O2S2/c14-9-5-12(23(20,21)19-13-17-3-4-22-13)10(15)6-11(9)18-8-1-2-16-7-8/h3-6,8,16,18H,1-2,7H2,(H,17,19)/t8-/m0/s1. The summed E-state index contributed by atoms with van der Waals surface area (Å²) in [5.74, 6) is -0.869. The molecule has 1 atom stereocenters. The van der Waals surface area contributed by atoms with Gasteiger partial charge in [0.05, 0.1) is 10.7 Å². The molecule has 0 radical (unpaired) electrons. The summed E-state index contributed by atoms with van der Waals surface area (Å²) in [7, 11) is -4.08. The van der Waals surface area contributed by atoms with Crippen molar-refractivity contribution < 1.29 is 12.8 Å². The molecule has 1 aromatic carbocycles. The number of rotatable bonds is 5. The van der Waals surface area contributed by atoms with Crippen LogP contribution in [0.1, 0.15) is 6.42 Å². The number of aromatic nitrogens is 1. The van der Waals surface area contributed by atoms with Gasteiger partial charge in [0, 0.05) is 24.2 Å². The highest BCUT2D eigenvalue weighted by molar-refractivity contribution is 7.93. The number of hydrogen-bond acceptors (Lipinski definition) is 6. The minimum atomic E-state index is -4.08. The van der Waals surface area contributed by atoms with Crippen LogP contribution in [-0.2, 0) is 10.0 Å². The van der Waals surface area contributed by atoms with Gasteiger partial charge in [-0.2, -0.15) is 0 Å². The van der Waals surface area contributed by atoms with Gasteiger partial charge < -0.3 is 10.6 Å². The van der Waals surface area contributed by atoms with E-state index < -0.39 is 20.7 Å². The van der Waals surface area contributed by atoms with Crippen LogP contribution in [-0.4, -0.2) is 32.5 Å². The van der Waals surface area contributed by atoms with Crippen LogP contribution in [0, 0.1) is 5.82 Å². The Morgan fingerprint density at radius 2 is 2.26 bits per heavy atom. The summed E-state index contributed by atoms with van der Waals surface area (Å²) in [5, 5.41) is 8.22. The molecule has 10 heteroatoms. The SMILES string of the molecule is O=S(=O)(Nc1nccs1)c1cc(Cl)c(N[C@H]2CCNC2)cc1F. The number of thiazole rings is 1. The van der Waals surface area contributed by atoms with E-state index in [4.69, 9.17) is 11.6 Å². The van der Waals surface area contributed by atoms with Crippen LogP contribution >= 0.6 is 22.9 Å². The first-order chi connectivity index (χ1) is 11.0. The first kappa shape index (κ1) is 16.4. The highest BCUT2D eigenvalue weighted by Gasteiger charge is 2.23. The minimum Gasteiger partial charge on any atom is -0.380 e. The van der Waals surface area contributed by atoms with Gasteiger partial charge in [-0.15, -0.1) is 11.3 Å². The minimum absolute atomic E-state index is 0.141. The fourth-order valence-electron chi connectivity index (χ4n) is 2.29. The highest BCUT2D eigenvalue weighted by atomic mass is 35.5. The zero-order valence-corrected chi connectivity index (χ0v) is 14.2. The average molecular weight is 377 g/mol. The Labute approximate surface area is 142 Å². The van der Waals surface area contributed by atoms with Gasteiger partial charge in [-0.05, 0) is 25.1 Å². The molecule has 2 aromatic rings. The van der Waals surface area contributed by atoms with Crippen LogP contribution in [0.3, 0.4) is 0 Å². The van der Waals surface area contributed by atoms with Crippen molar-refractivity contribution in [3.05, 3.63) is 34.5 Å². The Morgan fingerprint density at radius 3 is 2.91 bits per heavy atom. The summed E-state index contributed by atoms with van der Waals surface area (Å²) in [6.45, 7) is 1.63. The lowest BCUT2D eigenvalue weighted by atomic mass is 10.2. The molecular formula is C13H14ClFN4O2S2. The number of sulfonamides is 1. The molecule has 23 heavy (non-hydrogen) atoms. The molecule has 0 unspecified atom stereocenters. The van der Waals surface area contributed by atoms with Crippen LogP contribution < -0.4 is 15.4 Å². The number of nitrogens with zero attached hydrogens (tertiary/aromatic N) is 1. The quantitative estimate of drug-likeness (QED) is 0.746. The molecule has 1 aliphatic rings. The lowest BCUT2D eigenvalue weighted by molar-refractivity contribution is 0.570. The van der Waals surface area contributed by atoms with Crippen LogP contribution in [0.25, 0.3) is 0 Å². The average Bonchev–Trinajstić information content (AvgIpc) is 3.15. The van der Waals surface area contributed by atoms with Crippen molar-refractivity contribution in [2.24, 2.45) is 0 Å². The summed E-state index contributed by atoms with van der Waals surface area (Å²) < 4.78 is 41.0. The number of hydrogen-bond donors (Lipinski definition) is 3. The fraction of sp³-hybridized carbons (Fsp3) is 0.308. The second kappa shape index (κ2) is 6.60. The van der Waals surface area contributed by atoms with E-state index in [1.54, 1.807) is 5.38 Å².